The predicted molar refractivity (Wildman–Crippen MR) is 96.2 cm³/mol. The number of para-hydroxylation sites is 1. The summed E-state index contributed by atoms with van der Waals surface area (Å²) in [5.41, 5.74) is 1.21. The van der Waals surface area contributed by atoms with Gasteiger partial charge >= 0.3 is 5.97 Å². The Labute approximate surface area is 154 Å². The lowest BCUT2D eigenvalue weighted by molar-refractivity contribution is -0.126. The van der Waals surface area contributed by atoms with Crippen molar-refractivity contribution in [1.82, 2.24) is 5.32 Å². The van der Waals surface area contributed by atoms with E-state index in [1.165, 1.54) is 12.1 Å². The van der Waals surface area contributed by atoms with Crippen molar-refractivity contribution in [2.75, 3.05) is 18.5 Å². The van der Waals surface area contributed by atoms with E-state index in [0.29, 0.717) is 16.3 Å². The summed E-state index contributed by atoms with van der Waals surface area (Å²) in [6.45, 7) is 0.893. The third-order valence-corrected chi connectivity index (χ3v) is 3.86. The van der Waals surface area contributed by atoms with Crippen molar-refractivity contribution in [2.45, 2.75) is 6.92 Å². The summed E-state index contributed by atoms with van der Waals surface area (Å²) in [7, 11) is 0. The van der Waals surface area contributed by atoms with Crippen LogP contribution in [0.1, 0.15) is 15.9 Å². The van der Waals surface area contributed by atoms with E-state index in [-0.39, 0.29) is 17.9 Å². The third-order valence-electron chi connectivity index (χ3n) is 3.45. The maximum absolute atomic E-state index is 11.9. The highest BCUT2D eigenvalue weighted by Crippen LogP contribution is 2.22. The van der Waals surface area contributed by atoms with Crippen LogP contribution < -0.4 is 10.6 Å². The molecule has 0 spiro atoms. The largest absolute Gasteiger partial charge is 0.507 e. The Morgan fingerprint density at radius 2 is 1.81 bits per heavy atom. The van der Waals surface area contributed by atoms with Crippen LogP contribution in [0.4, 0.5) is 5.69 Å². The lowest BCUT2D eigenvalue weighted by atomic mass is 10.2. The molecule has 0 saturated heterocycles. The van der Waals surface area contributed by atoms with Crippen molar-refractivity contribution in [1.29, 1.82) is 0 Å². The van der Waals surface area contributed by atoms with Gasteiger partial charge in [0.2, 0.25) is 5.91 Å². The Kier molecular flexibility index (Phi) is 6.57. The van der Waals surface area contributed by atoms with E-state index in [1.54, 1.807) is 37.3 Å². The Bertz CT molecular complexity index is 838. The lowest BCUT2D eigenvalue weighted by Crippen LogP contribution is -2.35. The van der Waals surface area contributed by atoms with Crippen LogP contribution in [0.3, 0.4) is 0 Å². The van der Waals surface area contributed by atoms with Gasteiger partial charge in [-0.1, -0.05) is 29.8 Å². The normalized spacial score (nSPS) is 10.1. The van der Waals surface area contributed by atoms with Crippen LogP contribution in [0.5, 0.6) is 5.75 Å². The first-order chi connectivity index (χ1) is 12.4. The van der Waals surface area contributed by atoms with E-state index in [1.807, 2.05) is 0 Å². The van der Waals surface area contributed by atoms with Gasteiger partial charge in [0, 0.05) is 10.7 Å². The van der Waals surface area contributed by atoms with Gasteiger partial charge in [0.1, 0.15) is 11.3 Å². The second-order valence-electron chi connectivity index (χ2n) is 5.33. The summed E-state index contributed by atoms with van der Waals surface area (Å²) in [5.74, 6) is -2.17. The molecule has 0 aromatic heterocycles. The van der Waals surface area contributed by atoms with E-state index in [2.05, 4.69) is 10.6 Å². The van der Waals surface area contributed by atoms with Gasteiger partial charge < -0.3 is 20.5 Å². The Morgan fingerprint density at radius 3 is 2.54 bits per heavy atom. The number of phenolic OH excluding ortho intramolecular Hbond substituents is 1. The molecular formula is C18H17ClN2O5. The van der Waals surface area contributed by atoms with E-state index in [4.69, 9.17) is 16.3 Å². The van der Waals surface area contributed by atoms with Gasteiger partial charge in [-0.15, -0.1) is 0 Å². The number of anilines is 1. The van der Waals surface area contributed by atoms with Gasteiger partial charge in [0.15, 0.2) is 6.61 Å². The average molecular weight is 377 g/mol. The molecule has 0 radical (unpaired) electrons. The number of ether oxygens (including phenoxy) is 1. The maximum Gasteiger partial charge on any atom is 0.342 e. The third kappa shape index (κ3) is 5.22. The molecule has 2 amide bonds. The molecule has 0 saturated carbocycles. The molecule has 0 bridgehead atoms. The van der Waals surface area contributed by atoms with Gasteiger partial charge in [0.05, 0.1) is 6.54 Å². The molecule has 3 N–H and O–H groups in total. The fourth-order valence-corrected chi connectivity index (χ4v) is 2.20. The van der Waals surface area contributed by atoms with E-state index >= 15 is 0 Å². The number of benzene rings is 2. The van der Waals surface area contributed by atoms with Crippen molar-refractivity contribution in [3.05, 3.63) is 58.6 Å². The molecule has 0 aliphatic rings. The topological polar surface area (TPSA) is 105 Å². The second-order valence-corrected chi connectivity index (χ2v) is 5.74. The lowest BCUT2D eigenvalue weighted by Gasteiger charge is -2.10. The summed E-state index contributed by atoms with van der Waals surface area (Å²) in [4.78, 5) is 35.3. The quantitative estimate of drug-likeness (QED) is 0.671. The molecule has 0 aliphatic heterocycles. The van der Waals surface area contributed by atoms with Gasteiger partial charge in [-0.3, -0.25) is 9.59 Å². The van der Waals surface area contributed by atoms with Crippen LogP contribution in [-0.4, -0.2) is 36.0 Å². The SMILES string of the molecule is Cc1c(Cl)cccc1NC(=O)CNC(=O)COC(=O)c1ccccc1O. The Morgan fingerprint density at radius 1 is 1.08 bits per heavy atom. The fraction of sp³-hybridized carbons (Fsp3) is 0.167. The van der Waals surface area contributed by atoms with Gasteiger partial charge in [-0.25, -0.2) is 4.79 Å². The first kappa shape index (κ1) is 19.3. The zero-order valence-corrected chi connectivity index (χ0v) is 14.7. The van der Waals surface area contributed by atoms with Crippen molar-refractivity contribution < 1.29 is 24.2 Å². The highest BCUT2D eigenvalue weighted by molar-refractivity contribution is 6.31. The molecule has 0 unspecified atom stereocenters. The number of esters is 1. The highest BCUT2D eigenvalue weighted by atomic mass is 35.5. The van der Waals surface area contributed by atoms with Crippen molar-refractivity contribution in [3.63, 3.8) is 0 Å². The maximum atomic E-state index is 11.9. The molecule has 0 aliphatic carbocycles. The van der Waals surface area contributed by atoms with Crippen LogP contribution in [0.2, 0.25) is 5.02 Å². The molecule has 0 fully saturated rings. The number of rotatable bonds is 6. The smallest absolute Gasteiger partial charge is 0.342 e. The number of amides is 2. The number of hydrogen-bond acceptors (Lipinski definition) is 5. The van der Waals surface area contributed by atoms with E-state index < -0.39 is 24.4 Å². The van der Waals surface area contributed by atoms with Crippen LogP contribution in [-0.2, 0) is 14.3 Å². The molecule has 26 heavy (non-hydrogen) atoms. The molecule has 7 nitrogen and oxygen atoms in total. The van der Waals surface area contributed by atoms with Crippen LogP contribution in [0.25, 0.3) is 0 Å². The minimum Gasteiger partial charge on any atom is -0.507 e. The van der Waals surface area contributed by atoms with Gasteiger partial charge in [-0.2, -0.15) is 0 Å². The number of phenols is 1. The average Bonchev–Trinajstić information content (AvgIpc) is 2.62. The van der Waals surface area contributed by atoms with Crippen molar-refractivity contribution in [3.8, 4) is 5.75 Å². The number of hydrogen-bond donors (Lipinski definition) is 3. The van der Waals surface area contributed by atoms with E-state index in [0.717, 1.165) is 0 Å². The number of carbonyl (C=O) groups is 3. The molecule has 0 heterocycles. The minimum atomic E-state index is -0.836. The molecule has 8 heteroatoms. The minimum absolute atomic E-state index is 0.0468. The molecule has 2 aromatic carbocycles. The van der Waals surface area contributed by atoms with Crippen molar-refractivity contribution >= 4 is 35.1 Å². The van der Waals surface area contributed by atoms with Crippen LogP contribution >= 0.6 is 11.6 Å². The number of halogens is 1. The highest BCUT2D eigenvalue weighted by Gasteiger charge is 2.14. The number of carbonyl (C=O) groups excluding carboxylic acids is 3. The molecular weight excluding hydrogens is 360 g/mol. The predicted octanol–water partition coefficient (Wildman–Crippen LogP) is 2.27. The molecule has 2 rings (SSSR count). The molecule has 0 atom stereocenters. The monoisotopic (exact) mass is 376 g/mol. The zero-order chi connectivity index (χ0) is 19.1. The first-order valence-corrected chi connectivity index (χ1v) is 8.03. The fourth-order valence-electron chi connectivity index (χ4n) is 2.02. The summed E-state index contributed by atoms with van der Waals surface area (Å²) < 4.78 is 4.80. The number of nitrogens with one attached hydrogen (secondary N) is 2. The molecule has 2 aromatic rings. The second kappa shape index (κ2) is 8.87. The summed E-state index contributed by atoms with van der Waals surface area (Å²) in [6.07, 6.45) is 0. The first-order valence-electron chi connectivity index (χ1n) is 7.65. The van der Waals surface area contributed by atoms with E-state index in [9.17, 15) is 19.5 Å². The summed E-state index contributed by atoms with van der Waals surface area (Å²) >= 11 is 5.97. The zero-order valence-electron chi connectivity index (χ0n) is 13.9. The summed E-state index contributed by atoms with van der Waals surface area (Å²) in [5, 5.41) is 15.0. The van der Waals surface area contributed by atoms with Crippen LogP contribution in [0.15, 0.2) is 42.5 Å². The van der Waals surface area contributed by atoms with Crippen LogP contribution in [0, 0.1) is 6.92 Å². The number of aromatic hydroxyl groups is 1. The van der Waals surface area contributed by atoms with Gasteiger partial charge in [-0.05, 0) is 36.8 Å². The molecule has 136 valence electrons. The van der Waals surface area contributed by atoms with Gasteiger partial charge in [0.25, 0.3) is 5.91 Å². The Hall–Kier alpha value is -3.06. The Balaban J connectivity index is 1.78. The standard InChI is InChI=1S/C18H17ClN2O5/c1-11-13(19)6-4-7-14(11)21-16(23)9-20-17(24)10-26-18(25)12-5-2-3-8-15(12)22/h2-8,22H,9-10H2,1H3,(H,20,24)(H,21,23). The summed E-state index contributed by atoms with van der Waals surface area (Å²) in [6, 6.07) is 10.9. The van der Waals surface area contributed by atoms with Crippen molar-refractivity contribution in [2.24, 2.45) is 0 Å².